The molecule has 112 valence electrons. The largest absolute Gasteiger partial charge is 0.492 e. The molecule has 0 aliphatic heterocycles. The lowest BCUT2D eigenvalue weighted by Crippen LogP contribution is -1.98. The molecule has 0 aromatic heterocycles. The summed E-state index contributed by atoms with van der Waals surface area (Å²) in [5.74, 6) is 0.573. The van der Waals surface area contributed by atoms with Crippen LogP contribution in [0.2, 0.25) is 10.0 Å². The number of halogens is 4. The quantitative estimate of drug-likeness (QED) is 0.506. The van der Waals surface area contributed by atoms with Crippen LogP contribution in [0.3, 0.4) is 0 Å². The van der Waals surface area contributed by atoms with Crippen molar-refractivity contribution >= 4 is 50.7 Å². The topological polar surface area (TPSA) is 9.23 Å². The van der Waals surface area contributed by atoms with Crippen molar-refractivity contribution < 1.29 is 4.74 Å². The molecule has 21 heavy (non-hydrogen) atoms. The summed E-state index contributed by atoms with van der Waals surface area (Å²) in [6.45, 7) is 4.45. The highest BCUT2D eigenvalue weighted by Gasteiger charge is 2.18. The number of hydrogen-bond acceptors (Lipinski definition) is 1. The van der Waals surface area contributed by atoms with Gasteiger partial charge in [0.15, 0.2) is 0 Å². The molecule has 1 nitrogen and oxygen atoms in total. The van der Waals surface area contributed by atoms with E-state index in [0.717, 1.165) is 21.2 Å². The van der Waals surface area contributed by atoms with Gasteiger partial charge in [-0.05, 0) is 42.7 Å². The number of benzene rings is 2. The third-order valence-corrected chi connectivity index (χ3v) is 5.10. The van der Waals surface area contributed by atoms with Gasteiger partial charge in [-0.3, -0.25) is 0 Å². The molecule has 0 spiro atoms. The molecule has 0 N–H and O–H groups in total. The lowest BCUT2D eigenvalue weighted by molar-refractivity contribution is 0.340. The first-order chi connectivity index (χ1) is 9.93. The van der Waals surface area contributed by atoms with Gasteiger partial charge in [0.2, 0.25) is 0 Å². The fourth-order valence-electron chi connectivity index (χ4n) is 2.01. The first-order valence-electron chi connectivity index (χ1n) is 6.46. The summed E-state index contributed by atoms with van der Waals surface area (Å²) < 4.78 is 6.47. The molecule has 2 aromatic rings. The van der Waals surface area contributed by atoms with Gasteiger partial charge in [-0.1, -0.05) is 51.3 Å². The third-order valence-electron chi connectivity index (χ3n) is 3.10. The normalized spacial score (nSPS) is 12.3. The van der Waals surface area contributed by atoms with Crippen LogP contribution in [-0.4, -0.2) is 6.61 Å². The summed E-state index contributed by atoms with van der Waals surface area (Å²) in [6.07, 6.45) is 0. The highest BCUT2D eigenvalue weighted by molar-refractivity contribution is 9.10. The van der Waals surface area contributed by atoms with Crippen LogP contribution in [0.15, 0.2) is 34.8 Å². The predicted molar refractivity (Wildman–Crippen MR) is 94.2 cm³/mol. The average molecular weight is 409 g/mol. The standard InChI is InChI=1S/C16H14BrCl3O/c1-3-21-15-8-13(18)11(7-14(15)19)16(20)10-4-5-12(17)9(2)6-10/h4-8,16H,3H2,1-2H3. The zero-order chi connectivity index (χ0) is 15.6. The smallest absolute Gasteiger partial charge is 0.139 e. The number of hydrogen-bond donors (Lipinski definition) is 0. The molecule has 0 bridgehead atoms. The van der Waals surface area contributed by atoms with Crippen molar-refractivity contribution in [3.05, 3.63) is 61.5 Å². The molecule has 0 aliphatic carbocycles. The Labute approximate surface area is 148 Å². The van der Waals surface area contributed by atoms with Gasteiger partial charge < -0.3 is 4.74 Å². The zero-order valence-corrected chi connectivity index (χ0v) is 15.4. The van der Waals surface area contributed by atoms with Crippen LogP contribution in [0.5, 0.6) is 5.75 Å². The van der Waals surface area contributed by atoms with Crippen molar-refractivity contribution in [1.29, 1.82) is 0 Å². The van der Waals surface area contributed by atoms with Crippen LogP contribution in [0.25, 0.3) is 0 Å². The van der Waals surface area contributed by atoms with E-state index in [1.807, 2.05) is 32.0 Å². The van der Waals surface area contributed by atoms with E-state index < -0.39 is 0 Å². The van der Waals surface area contributed by atoms with E-state index in [9.17, 15) is 0 Å². The molecule has 2 rings (SSSR count). The Morgan fingerprint density at radius 2 is 1.86 bits per heavy atom. The molecular formula is C16H14BrCl3O. The average Bonchev–Trinajstić information content (AvgIpc) is 2.45. The maximum absolute atomic E-state index is 6.56. The molecule has 0 fully saturated rings. The van der Waals surface area contributed by atoms with Crippen molar-refractivity contribution in [1.82, 2.24) is 0 Å². The molecule has 0 amide bonds. The first-order valence-corrected chi connectivity index (χ1v) is 8.44. The van der Waals surface area contributed by atoms with Crippen LogP contribution in [-0.2, 0) is 0 Å². The SMILES string of the molecule is CCOc1cc(Cl)c(C(Cl)c2ccc(Br)c(C)c2)cc1Cl. The fraction of sp³-hybridized carbons (Fsp3) is 0.250. The summed E-state index contributed by atoms with van der Waals surface area (Å²) in [5, 5.41) is 0.691. The molecule has 0 saturated heterocycles. The molecule has 0 radical (unpaired) electrons. The van der Waals surface area contributed by atoms with Gasteiger partial charge in [0, 0.05) is 15.6 Å². The Hall–Kier alpha value is -0.410. The second kappa shape index (κ2) is 7.23. The molecule has 5 heteroatoms. The Balaban J connectivity index is 2.40. The third kappa shape index (κ3) is 3.87. The van der Waals surface area contributed by atoms with Gasteiger partial charge in [0.05, 0.1) is 17.0 Å². The van der Waals surface area contributed by atoms with Crippen molar-refractivity contribution in [3.8, 4) is 5.75 Å². The number of ether oxygens (including phenoxy) is 1. The van der Waals surface area contributed by atoms with Crippen molar-refractivity contribution in [3.63, 3.8) is 0 Å². The van der Waals surface area contributed by atoms with Gasteiger partial charge in [-0.2, -0.15) is 0 Å². The second-order valence-corrected chi connectivity index (χ2v) is 6.71. The van der Waals surface area contributed by atoms with Crippen LogP contribution in [0.1, 0.15) is 29.0 Å². The van der Waals surface area contributed by atoms with Gasteiger partial charge in [-0.15, -0.1) is 11.6 Å². The molecule has 1 unspecified atom stereocenters. The minimum Gasteiger partial charge on any atom is -0.492 e. The molecule has 0 saturated carbocycles. The van der Waals surface area contributed by atoms with E-state index in [2.05, 4.69) is 15.9 Å². The second-order valence-electron chi connectivity index (χ2n) is 4.61. The Morgan fingerprint density at radius 3 is 2.48 bits per heavy atom. The van der Waals surface area contributed by atoms with Gasteiger partial charge in [-0.25, -0.2) is 0 Å². The van der Waals surface area contributed by atoms with E-state index in [4.69, 9.17) is 39.5 Å². The molecule has 1 atom stereocenters. The van der Waals surface area contributed by atoms with E-state index in [0.29, 0.717) is 22.4 Å². The maximum atomic E-state index is 6.56. The van der Waals surface area contributed by atoms with Gasteiger partial charge >= 0.3 is 0 Å². The summed E-state index contributed by atoms with van der Waals surface area (Å²) in [6, 6.07) is 9.45. The van der Waals surface area contributed by atoms with Crippen molar-refractivity contribution in [2.24, 2.45) is 0 Å². The minimum absolute atomic E-state index is 0.363. The Bertz CT molecular complexity index is 658. The minimum atomic E-state index is -0.363. The molecular weight excluding hydrogens is 394 g/mol. The van der Waals surface area contributed by atoms with Crippen LogP contribution < -0.4 is 4.74 Å². The summed E-state index contributed by atoms with van der Waals surface area (Å²) in [4.78, 5) is 0. The summed E-state index contributed by atoms with van der Waals surface area (Å²) in [5.41, 5.74) is 2.86. The monoisotopic (exact) mass is 406 g/mol. The van der Waals surface area contributed by atoms with Crippen molar-refractivity contribution in [2.75, 3.05) is 6.61 Å². The molecule has 2 aromatic carbocycles. The van der Waals surface area contributed by atoms with Crippen molar-refractivity contribution in [2.45, 2.75) is 19.2 Å². The summed E-state index contributed by atoms with van der Waals surface area (Å²) >= 11 is 22.6. The fourth-order valence-corrected chi connectivity index (χ4v) is 3.12. The van der Waals surface area contributed by atoms with E-state index in [1.165, 1.54) is 0 Å². The molecule has 0 aliphatic rings. The Kier molecular flexibility index (Phi) is 5.84. The van der Waals surface area contributed by atoms with Gasteiger partial charge in [0.25, 0.3) is 0 Å². The maximum Gasteiger partial charge on any atom is 0.139 e. The highest BCUT2D eigenvalue weighted by Crippen LogP contribution is 2.39. The Morgan fingerprint density at radius 1 is 1.14 bits per heavy atom. The molecule has 0 heterocycles. The summed E-state index contributed by atoms with van der Waals surface area (Å²) in [7, 11) is 0. The zero-order valence-electron chi connectivity index (χ0n) is 11.6. The first kappa shape index (κ1) is 17.0. The van der Waals surface area contributed by atoms with Crippen LogP contribution in [0.4, 0.5) is 0 Å². The van der Waals surface area contributed by atoms with E-state index >= 15 is 0 Å². The van der Waals surface area contributed by atoms with Crippen LogP contribution in [0, 0.1) is 6.92 Å². The number of alkyl halides is 1. The highest BCUT2D eigenvalue weighted by atomic mass is 79.9. The lowest BCUT2D eigenvalue weighted by Gasteiger charge is -2.16. The van der Waals surface area contributed by atoms with E-state index in [-0.39, 0.29) is 5.38 Å². The predicted octanol–water partition coefficient (Wildman–Crippen LogP) is 6.79. The van der Waals surface area contributed by atoms with E-state index in [1.54, 1.807) is 12.1 Å². The van der Waals surface area contributed by atoms with Crippen LogP contribution >= 0.6 is 50.7 Å². The van der Waals surface area contributed by atoms with Gasteiger partial charge in [0.1, 0.15) is 5.75 Å². The number of aryl methyl sites for hydroxylation is 1. The number of rotatable bonds is 4. The lowest BCUT2D eigenvalue weighted by atomic mass is 10.0.